The first kappa shape index (κ1) is 14.5. The number of hydrogen-bond donors (Lipinski definition) is 2. The van der Waals surface area contributed by atoms with E-state index in [0.717, 1.165) is 11.1 Å². The van der Waals surface area contributed by atoms with Gasteiger partial charge in [-0.2, -0.15) is 0 Å². The summed E-state index contributed by atoms with van der Waals surface area (Å²) in [4.78, 5) is 23.7. The second-order valence-corrected chi connectivity index (χ2v) is 5.53. The van der Waals surface area contributed by atoms with Crippen LogP contribution in [0.3, 0.4) is 0 Å². The van der Waals surface area contributed by atoms with E-state index in [2.05, 4.69) is 5.32 Å². The number of hydrogen-bond acceptors (Lipinski definition) is 3. The van der Waals surface area contributed by atoms with Crippen LogP contribution in [-0.2, 0) is 9.53 Å². The summed E-state index contributed by atoms with van der Waals surface area (Å²) in [5, 5.41) is 12.1. The van der Waals surface area contributed by atoms with Crippen LogP contribution in [0.5, 0.6) is 0 Å². The third-order valence-electron chi connectivity index (χ3n) is 3.96. The smallest absolute Gasteiger partial charge is 0.313 e. The van der Waals surface area contributed by atoms with E-state index in [9.17, 15) is 14.7 Å². The van der Waals surface area contributed by atoms with Crippen molar-refractivity contribution in [2.45, 2.75) is 26.8 Å². The lowest BCUT2D eigenvalue weighted by Crippen LogP contribution is -2.49. The van der Waals surface area contributed by atoms with Gasteiger partial charge in [-0.3, -0.25) is 9.59 Å². The molecular weight excluding hydrogens is 258 g/mol. The van der Waals surface area contributed by atoms with Gasteiger partial charge >= 0.3 is 5.97 Å². The molecule has 2 unspecified atom stereocenters. The Kier molecular flexibility index (Phi) is 3.81. The molecule has 0 radical (unpaired) electrons. The van der Waals surface area contributed by atoms with Crippen molar-refractivity contribution in [3.05, 3.63) is 34.9 Å². The Bertz CT molecular complexity index is 535. The highest BCUT2D eigenvalue weighted by Gasteiger charge is 2.47. The van der Waals surface area contributed by atoms with Crippen LogP contribution in [0.1, 0.15) is 28.4 Å². The molecule has 0 spiro atoms. The van der Waals surface area contributed by atoms with Crippen molar-refractivity contribution in [2.75, 3.05) is 13.2 Å². The molecule has 0 saturated carbocycles. The molecule has 1 amide bonds. The maximum Gasteiger partial charge on any atom is 0.313 e. The van der Waals surface area contributed by atoms with Gasteiger partial charge in [0.1, 0.15) is 5.41 Å². The van der Waals surface area contributed by atoms with Crippen LogP contribution in [0.2, 0.25) is 0 Å². The van der Waals surface area contributed by atoms with Gasteiger partial charge in [0, 0.05) is 5.56 Å². The van der Waals surface area contributed by atoms with Gasteiger partial charge in [0.2, 0.25) is 0 Å². The first-order valence-electron chi connectivity index (χ1n) is 6.54. The molecule has 1 aliphatic rings. The van der Waals surface area contributed by atoms with Crippen molar-refractivity contribution >= 4 is 11.9 Å². The van der Waals surface area contributed by atoms with Crippen molar-refractivity contribution in [1.29, 1.82) is 0 Å². The maximum absolute atomic E-state index is 12.4. The number of amides is 1. The zero-order valence-electron chi connectivity index (χ0n) is 11.9. The minimum absolute atomic E-state index is 0.111. The number of benzene rings is 1. The summed E-state index contributed by atoms with van der Waals surface area (Å²) < 4.78 is 5.24. The van der Waals surface area contributed by atoms with Gasteiger partial charge in [0.25, 0.3) is 5.91 Å². The van der Waals surface area contributed by atoms with Crippen LogP contribution in [0.25, 0.3) is 0 Å². The molecule has 1 fully saturated rings. The van der Waals surface area contributed by atoms with Gasteiger partial charge in [0.05, 0.1) is 19.3 Å². The van der Waals surface area contributed by atoms with Crippen LogP contribution in [0, 0.1) is 19.3 Å². The number of aryl methyl sites for hydroxylation is 2. The van der Waals surface area contributed by atoms with E-state index in [4.69, 9.17) is 4.74 Å². The highest BCUT2D eigenvalue weighted by Crippen LogP contribution is 2.29. The summed E-state index contributed by atoms with van der Waals surface area (Å²) in [6, 6.07) is 5.10. The van der Waals surface area contributed by atoms with Crippen LogP contribution >= 0.6 is 0 Å². The number of ether oxygens (including phenoxy) is 1. The topological polar surface area (TPSA) is 75.6 Å². The van der Waals surface area contributed by atoms with Crippen LogP contribution in [0.4, 0.5) is 0 Å². The molecule has 1 saturated heterocycles. The molecular formula is C15H19NO4. The van der Waals surface area contributed by atoms with Crippen molar-refractivity contribution < 1.29 is 19.4 Å². The highest BCUT2D eigenvalue weighted by molar-refractivity contribution is 5.97. The molecule has 1 heterocycles. The van der Waals surface area contributed by atoms with E-state index in [1.807, 2.05) is 32.0 Å². The zero-order valence-corrected chi connectivity index (χ0v) is 11.9. The molecule has 2 rings (SSSR count). The molecule has 0 aromatic heterocycles. The number of carboxylic acid groups (broad SMARTS) is 1. The second kappa shape index (κ2) is 5.25. The average Bonchev–Trinajstić information content (AvgIpc) is 2.72. The monoisotopic (exact) mass is 277 g/mol. The summed E-state index contributed by atoms with van der Waals surface area (Å²) in [6.07, 6.45) is 0. The van der Waals surface area contributed by atoms with Gasteiger partial charge in [-0.05, 0) is 31.9 Å². The number of rotatable bonds is 3. The number of carbonyl (C=O) groups is 2. The van der Waals surface area contributed by atoms with E-state index in [1.54, 1.807) is 6.92 Å². The third-order valence-corrected chi connectivity index (χ3v) is 3.96. The molecule has 1 aliphatic heterocycles. The first-order chi connectivity index (χ1) is 9.36. The fraction of sp³-hybridized carbons (Fsp3) is 0.467. The normalized spacial score (nSPS) is 25.4. The fourth-order valence-corrected chi connectivity index (χ4v) is 2.49. The van der Waals surface area contributed by atoms with E-state index in [-0.39, 0.29) is 19.1 Å². The molecule has 108 valence electrons. The van der Waals surface area contributed by atoms with Crippen LogP contribution in [-0.4, -0.2) is 36.2 Å². The molecule has 2 N–H and O–H groups in total. The Morgan fingerprint density at radius 2 is 1.95 bits per heavy atom. The largest absolute Gasteiger partial charge is 0.481 e. The Morgan fingerprint density at radius 1 is 1.35 bits per heavy atom. The number of aliphatic carboxylic acids is 1. The summed E-state index contributed by atoms with van der Waals surface area (Å²) in [5.41, 5.74) is 1.27. The van der Waals surface area contributed by atoms with Crippen molar-refractivity contribution in [3.63, 3.8) is 0 Å². The summed E-state index contributed by atoms with van der Waals surface area (Å²) in [6.45, 7) is 5.66. The second-order valence-electron chi connectivity index (χ2n) is 5.53. The number of carbonyl (C=O) groups excluding carboxylic acids is 1. The maximum atomic E-state index is 12.4. The standard InChI is InChI=1S/C15H19NO4/c1-9-5-4-6-10(2)12(9)13(17)16-11-7-20-8-15(11,3)14(18)19/h4-6,11H,7-8H2,1-3H3,(H,16,17)(H,18,19). The molecule has 20 heavy (non-hydrogen) atoms. The Morgan fingerprint density at radius 3 is 2.50 bits per heavy atom. The lowest BCUT2D eigenvalue weighted by molar-refractivity contribution is -0.148. The van der Waals surface area contributed by atoms with Gasteiger partial charge in [-0.1, -0.05) is 18.2 Å². The van der Waals surface area contributed by atoms with Crippen LogP contribution in [0.15, 0.2) is 18.2 Å². The highest BCUT2D eigenvalue weighted by atomic mass is 16.5. The Hall–Kier alpha value is -1.88. The Labute approximate surface area is 117 Å². The minimum Gasteiger partial charge on any atom is -0.481 e. The van der Waals surface area contributed by atoms with Crippen LogP contribution < -0.4 is 5.32 Å². The lowest BCUT2D eigenvalue weighted by Gasteiger charge is -2.26. The van der Waals surface area contributed by atoms with Gasteiger partial charge in [-0.15, -0.1) is 0 Å². The van der Waals surface area contributed by atoms with E-state index in [1.165, 1.54) is 0 Å². The molecule has 5 nitrogen and oxygen atoms in total. The molecule has 0 aliphatic carbocycles. The average molecular weight is 277 g/mol. The molecule has 0 bridgehead atoms. The molecule has 2 atom stereocenters. The van der Waals surface area contributed by atoms with E-state index >= 15 is 0 Å². The van der Waals surface area contributed by atoms with Crippen molar-refractivity contribution in [2.24, 2.45) is 5.41 Å². The molecule has 1 aromatic rings. The summed E-state index contributed by atoms with van der Waals surface area (Å²) >= 11 is 0. The predicted molar refractivity (Wildman–Crippen MR) is 73.7 cm³/mol. The van der Waals surface area contributed by atoms with Gasteiger partial charge < -0.3 is 15.2 Å². The van der Waals surface area contributed by atoms with E-state index < -0.39 is 17.4 Å². The first-order valence-corrected chi connectivity index (χ1v) is 6.54. The lowest BCUT2D eigenvalue weighted by atomic mass is 9.85. The summed E-state index contributed by atoms with van der Waals surface area (Å²) in [7, 11) is 0. The minimum atomic E-state index is -1.08. The molecule has 1 aromatic carbocycles. The van der Waals surface area contributed by atoms with Crippen molar-refractivity contribution in [1.82, 2.24) is 5.32 Å². The number of nitrogens with one attached hydrogen (secondary N) is 1. The van der Waals surface area contributed by atoms with Crippen molar-refractivity contribution in [3.8, 4) is 0 Å². The fourth-order valence-electron chi connectivity index (χ4n) is 2.49. The quantitative estimate of drug-likeness (QED) is 0.878. The summed E-state index contributed by atoms with van der Waals surface area (Å²) in [5.74, 6) is -1.20. The van der Waals surface area contributed by atoms with Gasteiger partial charge in [0.15, 0.2) is 0 Å². The van der Waals surface area contributed by atoms with E-state index in [0.29, 0.717) is 5.56 Å². The predicted octanol–water partition coefficient (Wildman–Crippen LogP) is 1.52. The number of carboxylic acids is 1. The SMILES string of the molecule is Cc1cccc(C)c1C(=O)NC1COCC1(C)C(=O)O. The molecule has 5 heteroatoms. The Balaban J connectivity index is 2.22. The third kappa shape index (κ3) is 2.41. The van der Waals surface area contributed by atoms with Gasteiger partial charge in [-0.25, -0.2) is 0 Å². The zero-order chi connectivity index (χ0) is 14.9.